The maximum atomic E-state index is 12.1. The molecule has 2 rings (SSSR count). The van der Waals surface area contributed by atoms with Gasteiger partial charge in [-0.3, -0.25) is 14.6 Å². The molecule has 2 aliphatic heterocycles. The normalized spacial score (nSPS) is 22.4. The molecule has 9 nitrogen and oxygen atoms in total. The number of halogens is 3. The fraction of sp³-hybridized carbons (Fsp3) is 0.692. The highest BCUT2D eigenvalue weighted by Crippen LogP contribution is 2.23. The number of fused-ring (bicyclic) bond motifs is 1. The molecule has 0 unspecified atom stereocenters. The van der Waals surface area contributed by atoms with Gasteiger partial charge in [0, 0.05) is 13.1 Å². The van der Waals surface area contributed by atoms with E-state index in [1.807, 2.05) is 0 Å². The number of guanidine groups is 1. The van der Waals surface area contributed by atoms with Gasteiger partial charge in [-0.25, -0.2) is 4.79 Å². The van der Waals surface area contributed by atoms with Crippen molar-refractivity contribution in [2.24, 2.45) is 16.5 Å². The number of carboxylic acids is 1. The number of carboxylic acid groups (broad SMARTS) is 1. The SMILES string of the molecule is NC(N)=NCCC[C@@H]1NC(=O)[C@@H]2CCCN2C1=O.O=C(O)C(F)(F)F. The molecule has 2 amide bonds. The molecule has 0 saturated carbocycles. The summed E-state index contributed by atoms with van der Waals surface area (Å²) in [6.45, 7) is 1.17. The van der Waals surface area contributed by atoms with Gasteiger partial charge >= 0.3 is 12.1 Å². The van der Waals surface area contributed by atoms with E-state index in [1.54, 1.807) is 4.90 Å². The minimum absolute atomic E-state index is 0.0288. The third kappa shape index (κ3) is 6.12. The van der Waals surface area contributed by atoms with E-state index in [9.17, 15) is 22.8 Å². The van der Waals surface area contributed by atoms with Gasteiger partial charge in [-0.2, -0.15) is 13.2 Å². The number of amides is 2. The van der Waals surface area contributed by atoms with Crippen molar-refractivity contribution in [1.82, 2.24) is 10.2 Å². The molecule has 12 heteroatoms. The average molecular weight is 367 g/mol. The second-order valence-electron chi connectivity index (χ2n) is 5.50. The third-order valence-corrected chi connectivity index (χ3v) is 3.64. The molecule has 2 aliphatic rings. The lowest BCUT2D eigenvalue weighted by molar-refractivity contribution is -0.192. The molecule has 142 valence electrons. The van der Waals surface area contributed by atoms with Gasteiger partial charge in [-0.05, 0) is 25.7 Å². The number of aliphatic carboxylic acids is 1. The van der Waals surface area contributed by atoms with Gasteiger partial charge in [0.15, 0.2) is 5.96 Å². The van der Waals surface area contributed by atoms with Crippen molar-refractivity contribution in [3.8, 4) is 0 Å². The number of carbonyl (C=O) groups is 3. The summed E-state index contributed by atoms with van der Waals surface area (Å²) in [7, 11) is 0. The Kier molecular flexibility index (Phi) is 7.00. The molecule has 6 N–H and O–H groups in total. The molecule has 0 spiro atoms. The van der Waals surface area contributed by atoms with E-state index in [0.29, 0.717) is 25.9 Å². The Morgan fingerprint density at radius 2 is 1.96 bits per heavy atom. The maximum Gasteiger partial charge on any atom is 0.490 e. The Hall–Kier alpha value is -2.53. The lowest BCUT2D eigenvalue weighted by atomic mass is 10.0. The Morgan fingerprint density at radius 1 is 1.36 bits per heavy atom. The summed E-state index contributed by atoms with van der Waals surface area (Å²) in [5, 5.41) is 9.91. The second kappa shape index (κ2) is 8.53. The van der Waals surface area contributed by atoms with Crippen LogP contribution in [-0.4, -0.2) is 65.1 Å². The van der Waals surface area contributed by atoms with Crippen LogP contribution in [0.2, 0.25) is 0 Å². The van der Waals surface area contributed by atoms with E-state index in [1.165, 1.54) is 0 Å². The number of rotatable bonds is 4. The van der Waals surface area contributed by atoms with E-state index in [-0.39, 0.29) is 23.8 Å². The van der Waals surface area contributed by atoms with E-state index in [0.717, 1.165) is 12.8 Å². The minimum Gasteiger partial charge on any atom is -0.475 e. The van der Waals surface area contributed by atoms with Crippen LogP contribution < -0.4 is 16.8 Å². The molecule has 2 heterocycles. The summed E-state index contributed by atoms with van der Waals surface area (Å²) in [6, 6.07) is -0.660. The number of nitrogens with one attached hydrogen (secondary N) is 1. The number of carbonyl (C=O) groups excluding carboxylic acids is 2. The molecule has 0 radical (unpaired) electrons. The third-order valence-electron chi connectivity index (χ3n) is 3.64. The highest BCUT2D eigenvalue weighted by atomic mass is 19.4. The van der Waals surface area contributed by atoms with Gasteiger partial charge in [-0.1, -0.05) is 0 Å². The molecular weight excluding hydrogens is 347 g/mol. The van der Waals surface area contributed by atoms with Gasteiger partial charge < -0.3 is 26.8 Å². The molecule has 0 bridgehead atoms. The van der Waals surface area contributed by atoms with Crippen LogP contribution in [0.1, 0.15) is 25.7 Å². The Morgan fingerprint density at radius 3 is 2.48 bits per heavy atom. The maximum absolute atomic E-state index is 12.1. The summed E-state index contributed by atoms with van der Waals surface area (Å²) in [4.78, 5) is 38.4. The number of nitrogens with zero attached hydrogens (tertiary/aromatic N) is 2. The fourth-order valence-electron chi connectivity index (χ4n) is 2.53. The Bertz CT molecular complexity index is 548. The highest BCUT2D eigenvalue weighted by molar-refractivity contribution is 5.97. The van der Waals surface area contributed by atoms with Crippen LogP contribution in [0, 0.1) is 0 Å². The van der Waals surface area contributed by atoms with Crippen molar-refractivity contribution >= 4 is 23.7 Å². The number of hydrogen-bond acceptors (Lipinski definition) is 4. The van der Waals surface area contributed by atoms with Gasteiger partial charge in [0.05, 0.1) is 0 Å². The summed E-state index contributed by atoms with van der Waals surface area (Å²) in [6.07, 6.45) is -2.15. The molecule has 0 aromatic carbocycles. The van der Waals surface area contributed by atoms with Crippen LogP contribution in [0.4, 0.5) is 13.2 Å². The monoisotopic (exact) mass is 367 g/mol. The van der Waals surface area contributed by atoms with Gasteiger partial charge in [0.25, 0.3) is 0 Å². The summed E-state index contributed by atoms with van der Waals surface area (Å²) in [5.74, 6) is -2.71. The second-order valence-corrected chi connectivity index (χ2v) is 5.50. The molecular formula is C13H20F3N5O4. The van der Waals surface area contributed by atoms with Crippen LogP contribution in [-0.2, 0) is 14.4 Å². The van der Waals surface area contributed by atoms with Crippen LogP contribution in [0.3, 0.4) is 0 Å². The standard InChI is InChI=1S/C11H19N5O2.C2HF3O2/c12-11(13)14-5-1-3-7-10(18)16-6-2-4-8(16)9(17)15-7;3-2(4,5)1(6)7/h7-8H,1-6H2,(H,15,17)(H4,12,13,14);(H,6,7)/t7-,8-;/m0./s1. The number of nitrogens with two attached hydrogens (primary N) is 2. The predicted octanol–water partition coefficient (Wildman–Crippen LogP) is -0.837. The summed E-state index contributed by atoms with van der Waals surface area (Å²) < 4.78 is 31.7. The van der Waals surface area contributed by atoms with Gasteiger partial charge in [0.1, 0.15) is 12.1 Å². The smallest absolute Gasteiger partial charge is 0.475 e. The van der Waals surface area contributed by atoms with Crippen molar-refractivity contribution < 1.29 is 32.7 Å². The number of aliphatic imine (C=N–C) groups is 1. The largest absolute Gasteiger partial charge is 0.490 e. The first-order valence-electron chi connectivity index (χ1n) is 7.50. The quantitative estimate of drug-likeness (QED) is 0.289. The van der Waals surface area contributed by atoms with Crippen LogP contribution in [0.15, 0.2) is 4.99 Å². The fourth-order valence-corrected chi connectivity index (χ4v) is 2.53. The predicted molar refractivity (Wildman–Crippen MR) is 80.3 cm³/mol. The number of alkyl halides is 3. The summed E-state index contributed by atoms with van der Waals surface area (Å²) >= 11 is 0. The summed E-state index contributed by atoms with van der Waals surface area (Å²) in [5.41, 5.74) is 10.4. The van der Waals surface area contributed by atoms with Crippen molar-refractivity contribution in [2.75, 3.05) is 13.1 Å². The van der Waals surface area contributed by atoms with E-state index in [2.05, 4.69) is 10.3 Å². The molecule has 0 aromatic heterocycles. The first-order valence-corrected chi connectivity index (χ1v) is 7.50. The van der Waals surface area contributed by atoms with Crippen LogP contribution >= 0.6 is 0 Å². The lowest BCUT2D eigenvalue weighted by Gasteiger charge is -2.34. The molecule has 2 atom stereocenters. The van der Waals surface area contributed by atoms with Crippen molar-refractivity contribution in [2.45, 2.75) is 43.9 Å². The van der Waals surface area contributed by atoms with Gasteiger partial charge in [0.2, 0.25) is 11.8 Å². The van der Waals surface area contributed by atoms with Crippen molar-refractivity contribution in [3.63, 3.8) is 0 Å². The molecule has 2 fully saturated rings. The number of hydrogen-bond donors (Lipinski definition) is 4. The molecule has 0 aliphatic carbocycles. The first kappa shape index (κ1) is 20.5. The van der Waals surface area contributed by atoms with Gasteiger partial charge in [-0.15, -0.1) is 0 Å². The highest BCUT2D eigenvalue weighted by Gasteiger charge is 2.42. The molecule has 0 aromatic rings. The van der Waals surface area contributed by atoms with Crippen LogP contribution in [0.25, 0.3) is 0 Å². The zero-order valence-corrected chi connectivity index (χ0v) is 13.3. The van der Waals surface area contributed by atoms with Crippen molar-refractivity contribution in [1.29, 1.82) is 0 Å². The minimum atomic E-state index is -5.08. The topological polar surface area (TPSA) is 151 Å². The van der Waals surface area contributed by atoms with E-state index in [4.69, 9.17) is 21.4 Å². The Labute approximate surface area is 141 Å². The molecule has 25 heavy (non-hydrogen) atoms. The van der Waals surface area contributed by atoms with Crippen LogP contribution in [0.5, 0.6) is 0 Å². The van der Waals surface area contributed by atoms with E-state index >= 15 is 0 Å². The lowest BCUT2D eigenvalue weighted by Crippen LogP contribution is -2.61. The molecule has 2 saturated heterocycles. The van der Waals surface area contributed by atoms with E-state index < -0.39 is 18.2 Å². The zero-order valence-electron chi connectivity index (χ0n) is 13.3. The van der Waals surface area contributed by atoms with Crippen molar-refractivity contribution in [3.05, 3.63) is 0 Å². The average Bonchev–Trinajstić information content (AvgIpc) is 2.98. The first-order chi connectivity index (χ1) is 11.5. The Balaban J connectivity index is 0.000000381. The number of piperazine rings is 1. The zero-order chi connectivity index (χ0) is 19.2.